The molecule has 0 unspecified atom stereocenters. The molecule has 166 valence electrons. The molecule has 5 aromatic rings. The normalized spacial score (nSPS) is 14.0. The van der Waals surface area contributed by atoms with Crippen molar-refractivity contribution in [2.24, 2.45) is 0 Å². The molecule has 1 aliphatic heterocycles. The summed E-state index contributed by atoms with van der Waals surface area (Å²) in [5.74, 6) is 1.07. The molecule has 0 bridgehead atoms. The Morgan fingerprint density at radius 2 is 1.47 bits per heavy atom. The number of rotatable bonds is 3. The lowest BCUT2D eigenvalue weighted by molar-refractivity contribution is 0.646. The molecule has 0 aliphatic carbocycles. The summed E-state index contributed by atoms with van der Waals surface area (Å²) < 4.78 is 2.15. The number of benzene rings is 3. The molecule has 0 saturated carbocycles. The van der Waals surface area contributed by atoms with Crippen LogP contribution in [0.2, 0.25) is 5.02 Å². The second-order valence-corrected chi connectivity index (χ2v) is 8.92. The van der Waals surface area contributed by atoms with E-state index < -0.39 is 0 Å². The molecular formula is C28H22ClN5. The van der Waals surface area contributed by atoms with E-state index in [1.807, 2.05) is 48.5 Å². The monoisotopic (exact) mass is 463 g/mol. The number of piperazine rings is 1. The van der Waals surface area contributed by atoms with Crippen molar-refractivity contribution in [3.8, 4) is 17.2 Å². The van der Waals surface area contributed by atoms with Gasteiger partial charge in [0, 0.05) is 42.5 Å². The molecule has 1 saturated heterocycles. The van der Waals surface area contributed by atoms with Gasteiger partial charge in [0.25, 0.3) is 0 Å². The van der Waals surface area contributed by atoms with Gasteiger partial charge in [-0.05, 0) is 48.0 Å². The Bertz CT molecular complexity index is 1530. The second kappa shape index (κ2) is 8.40. The Balaban J connectivity index is 1.47. The number of nitrogens with zero attached hydrogens (tertiary/aromatic N) is 5. The zero-order valence-corrected chi connectivity index (χ0v) is 19.3. The second-order valence-electron chi connectivity index (χ2n) is 8.48. The van der Waals surface area contributed by atoms with Gasteiger partial charge in [0.2, 0.25) is 0 Å². The minimum atomic E-state index is 0.603. The van der Waals surface area contributed by atoms with E-state index in [1.165, 1.54) is 5.69 Å². The maximum atomic E-state index is 10.2. The first-order chi connectivity index (χ1) is 16.7. The maximum absolute atomic E-state index is 10.2. The highest BCUT2D eigenvalue weighted by atomic mass is 35.5. The van der Waals surface area contributed by atoms with E-state index in [-0.39, 0.29) is 0 Å². The molecule has 5 nitrogen and oxygen atoms in total. The molecule has 6 heteroatoms. The van der Waals surface area contributed by atoms with Crippen LogP contribution in [0.3, 0.4) is 0 Å². The maximum Gasteiger partial charge on any atom is 0.158 e. The lowest BCUT2D eigenvalue weighted by atomic mass is 10.0. The van der Waals surface area contributed by atoms with Crippen molar-refractivity contribution in [3.05, 3.63) is 95.5 Å². The van der Waals surface area contributed by atoms with Crippen LogP contribution in [-0.2, 0) is 0 Å². The Hall–Kier alpha value is -4.01. The average Bonchev–Trinajstić information content (AvgIpc) is 3.28. The topological polar surface area (TPSA) is 47.6 Å². The molecule has 0 atom stereocenters. The van der Waals surface area contributed by atoms with Crippen molar-refractivity contribution < 1.29 is 0 Å². The van der Waals surface area contributed by atoms with Gasteiger partial charge in [-0.25, -0.2) is 4.98 Å². The van der Waals surface area contributed by atoms with Gasteiger partial charge in [-0.1, -0.05) is 54.1 Å². The predicted molar refractivity (Wildman–Crippen MR) is 139 cm³/mol. The summed E-state index contributed by atoms with van der Waals surface area (Å²) in [4.78, 5) is 9.68. The van der Waals surface area contributed by atoms with E-state index in [2.05, 4.69) is 56.7 Å². The van der Waals surface area contributed by atoms with E-state index in [1.54, 1.807) is 0 Å². The van der Waals surface area contributed by atoms with Crippen LogP contribution in [-0.4, -0.2) is 35.6 Å². The fourth-order valence-corrected chi connectivity index (χ4v) is 4.97. The van der Waals surface area contributed by atoms with Crippen LogP contribution in [0.4, 0.5) is 11.5 Å². The molecule has 6 rings (SSSR count). The molecule has 2 aromatic heterocycles. The number of fused-ring (bicyclic) bond motifs is 3. The van der Waals surface area contributed by atoms with Crippen molar-refractivity contribution in [3.63, 3.8) is 0 Å². The fourth-order valence-electron chi connectivity index (χ4n) is 4.85. The van der Waals surface area contributed by atoms with Crippen molar-refractivity contribution in [1.29, 1.82) is 5.26 Å². The summed E-state index contributed by atoms with van der Waals surface area (Å²) >= 11 is 6.08. The van der Waals surface area contributed by atoms with Crippen molar-refractivity contribution in [1.82, 2.24) is 9.38 Å². The Labute approximate surface area is 203 Å². The predicted octanol–water partition coefficient (Wildman–Crippen LogP) is 6.01. The van der Waals surface area contributed by atoms with Gasteiger partial charge in [-0.2, -0.15) is 5.26 Å². The molecule has 0 spiro atoms. The van der Waals surface area contributed by atoms with Gasteiger partial charge in [0.1, 0.15) is 17.5 Å². The summed E-state index contributed by atoms with van der Waals surface area (Å²) in [7, 11) is 0. The van der Waals surface area contributed by atoms with Gasteiger partial charge >= 0.3 is 0 Å². The molecule has 0 N–H and O–H groups in total. The lowest BCUT2D eigenvalue weighted by Crippen LogP contribution is -2.47. The number of pyridine rings is 1. The van der Waals surface area contributed by atoms with Gasteiger partial charge < -0.3 is 9.80 Å². The number of hydrogen-bond donors (Lipinski definition) is 0. The van der Waals surface area contributed by atoms with E-state index in [4.69, 9.17) is 16.6 Å². The SMILES string of the molecule is N#Cc1c(-c2ccccc2)cc(N2CCN(c3ccc(Cl)cc3)CC2)n2c1nc1ccccc12. The summed E-state index contributed by atoms with van der Waals surface area (Å²) in [6.45, 7) is 3.53. The first kappa shape index (κ1) is 20.6. The third kappa shape index (κ3) is 3.44. The third-order valence-electron chi connectivity index (χ3n) is 6.55. The molecule has 0 amide bonds. The molecule has 0 radical (unpaired) electrons. The summed E-state index contributed by atoms with van der Waals surface area (Å²) in [5.41, 5.74) is 6.35. The van der Waals surface area contributed by atoms with Crippen molar-refractivity contribution >= 4 is 39.8 Å². The highest BCUT2D eigenvalue weighted by molar-refractivity contribution is 6.30. The van der Waals surface area contributed by atoms with E-state index >= 15 is 0 Å². The van der Waals surface area contributed by atoms with Crippen LogP contribution in [0.25, 0.3) is 27.8 Å². The van der Waals surface area contributed by atoms with Crippen molar-refractivity contribution in [2.75, 3.05) is 36.0 Å². The average molecular weight is 464 g/mol. The minimum Gasteiger partial charge on any atom is -0.368 e. The Kier molecular flexibility index (Phi) is 5.09. The lowest BCUT2D eigenvalue weighted by Gasteiger charge is -2.37. The van der Waals surface area contributed by atoms with Gasteiger partial charge in [-0.15, -0.1) is 0 Å². The largest absolute Gasteiger partial charge is 0.368 e. The molecule has 34 heavy (non-hydrogen) atoms. The zero-order valence-electron chi connectivity index (χ0n) is 18.5. The Morgan fingerprint density at radius 1 is 0.794 bits per heavy atom. The van der Waals surface area contributed by atoms with Crippen LogP contribution in [0.1, 0.15) is 5.56 Å². The van der Waals surface area contributed by atoms with Crippen LogP contribution in [0.15, 0.2) is 84.9 Å². The van der Waals surface area contributed by atoms with Crippen LogP contribution in [0.5, 0.6) is 0 Å². The van der Waals surface area contributed by atoms with Crippen LogP contribution >= 0.6 is 11.6 Å². The smallest absolute Gasteiger partial charge is 0.158 e. The third-order valence-corrected chi connectivity index (χ3v) is 6.80. The number of nitriles is 1. The molecule has 3 aromatic carbocycles. The minimum absolute atomic E-state index is 0.603. The number of imidazole rings is 1. The quantitative estimate of drug-likeness (QED) is 0.329. The van der Waals surface area contributed by atoms with E-state index in [9.17, 15) is 5.26 Å². The van der Waals surface area contributed by atoms with E-state index in [0.29, 0.717) is 11.2 Å². The standard InChI is InChI=1S/C28H22ClN5/c29-21-10-12-22(13-11-21)32-14-16-33(17-15-32)27-18-23(20-6-2-1-3-7-20)24(19-30)28-31-25-8-4-5-9-26(25)34(27)28/h1-13,18H,14-17H2. The number of aromatic nitrogens is 2. The Morgan fingerprint density at radius 3 is 2.21 bits per heavy atom. The van der Waals surface area contributed by atoms with E-state index in [0.717, 1.165) is 59.2 Å². The molecule has 3 heterocycles. The van der Waals surface area contributed by atoms with Crippen LogP contribution in [0, 0.1) is 11.3 Å². The number of halogens is 1. The van der Waals surface area contributed by atoms with Gasteiger partial charge in [0.15, 0.2) is 5.65 Å². The zero-order chi connectivity index (χ0) is 23.1. The molecule has 1 aliphatic rings. The summed E-state index contributed by atoms with van der Waals surface area (Å²) in [5, 5.41) is 10.9. The van der Waals surface area contributed by atoms with Crippen LogP contribution < -0.4 is 9.80 Å². The molecular weight excluding hydrogens is 442 g/mol. The highest BCUT2D eigenvalue weighted by Gasteiger charge is 2.24. The highest BCUT2D eigenvalue weighted by Crippen LogP contribution is 2.35. The summed E-state index contributed by atoms with van der Waals surface area (Å²) in [6.07, 6.45) is 0. The first-order valence-electron chi connectivity index (χ1n) is 11.4. The molecule has 1 fully saturated rings. The van der Waals surface area contributed by atoms with Crippen molar-refractivity contribution in [2.45, 2.75) is 0 Å². The first-order valence-corrected chi connectivity index (χ1v) is 11.8. The number of anilines is 2. The summed E-state index contributed by atoms with van der Waals surface area (Å²) in [6, 6.07) is 30.9. The number of hydrogen-bond acceptors (Lipinski definition) is 4. The van der Waals surface area contributed by atoms with Gasteiger partial charge in [-0.3, -0.25) is 4.40 Å². The number of para-hydroxylation sites is 2. The van der Waals surface area contributed by atoms with Gasteiger partial charge in [0.05, 0.1) is 11.0 Å². The fraction of sp³-hybridized carbons (Fsp3) is 0.143.